The third-order valence-electron chi connectivity index (χ3n) is 5.06. The number of amides is 2. The quantitative estimate of drug-likeness (QED) is 0.490. The van der Waals surface area contributed by atoms with Gasteiger partial charge in [0.1, 0.15) is 6.33 Å². The van der Waals surface area contributed by atoms with Crippen LogP contribution in [0.1, 0.15) is 43.1 Å². The van der Waals surface area contributed by atoms with Gasteiger partial charge in [0.15, 0.2) is 5.65 Å². The van der Waals surface area contributed by atoms with Gasteiger partial charge in [-0.25, -0.2) is 4.98 Å². The Kier molecular flexibility index (Phi) is 4.19. The third kappa shape index (κ3) is 3.15. The summed E-state index contributed by atoms with van der Waals surface area (Å²) in [5.41, 5.74) is 3.33. The van der Waals surface area contributed by atoms with Crippen molar-refractivity contribution < 1.29 is 9.59 Å². The fraction of sp³-hybridized carbons (Fsp3) is 0.300. The zero-order chi connectivity index (χ0) is 20.8. The number of nitrogens with zero attached hydrogens (tertiary/aromatic N) is 6. The molecule has 2 fully saturated rings. The van der Waals surface area contributed by atoms with E-state index in [0.717, 1.165) is 24.2 Å². The number of aromatic nitrogens is 6. The summed E-state index contributed by atoms with van der Waals surface area (Å²) in [6.45, 7) is 3.87. The maximum atomic E-state index is 12.0. The van der Waals surface area contributed by atoms with Crippen molar-refractivity contribution in [1.29, 1.82) is 0 Å². The van der Waals surface area contributed by atoms with Crippen LogP contribution in [-0.2, 0) is 9.59 Å². The number of carbonyl (C=O) groups is 2. The van der Waals surface area contributed by atoms with E-state index in [-0.39, 0.29) is 18.2 Å². The Morgan fingerprint density at radius 3 is 2.80 bits per heavy atom. The molecule has 1 aliphatic carbocycles. The van der Waals surface area contributed by atoms with Crippen molar-refractivity contribution in [1.82, 2.24) is 34.4 Å². The van der Waals surface area contributed by atoms with E-state index in [1.54, 1.807) is 23.1 Å². The van der Waals surface area contributed by atoms with E-state index in [2.05, 4.69) is 20.7 Å². The minimum Gasteiger partial charge on any atom is -0.351 e. The van der Waals surface area contributed by atoms with Crippen molar-refractivity contribution in [2.45, 2.75) is 39.2 Å². The molecule has 0 aromatic carbocycles. The SMILES string of the molecule is CC=Cc1c(C)ncn1-c1nc(NC2CC2)n2ncc(C=C3CC(=O)NC3=O)c2n1. The number of rotatable bonds is 5. The van der Waals surface area contributed by atoms with Gasteiger partial charge in [-0.15, -0.1) is 0 Å². The van der Waals surface area contributed by atoms with Crippen LogP contribution in [-0.4, -0.2) is 47.0 Å². The summed E-state index contributed by atoms with van der Waals surface area (Å²) in [7, 11) is 0. The first-order chi connectivity index (χ1) is 14.5. The first-order valence-electron chi connectivity index (χ1n) is 9.77. The molecule has 0 bridgehead atoms. The van der Waals surface area contributed by atoms with Gasteiger partial charge in [0.25, 0.3) is 5.91 Å². The van der Waals surface area contributed by atoms with Gasteiger partial charge in [-0.3, -0.25) is 19.5 Å². The van der Waals surface area contributed by atoms with Crippen LogP contribution in [0, 0.1) is 6.92 Å². The molecule has 3 aromatic rings. The summed E-state index contributed by atoms with van der Waals surface area (Å²) in [4.78, 5) is 37.3. The van der Waals surface area contributed by atoms with E-state index in [4.69, 9.17) is 9.97 Å². The lowest BCUT2D eigenvalue weighted by Crippen LogP contribution is -2.19. The normalized spacial score (nSPS) is 18.1. The van der Waals surface area contributed by atoms with Crippen molar-refractivity contribution in [3.05, 3.63) is 41.1 Å². The van der Waals surface area contributed by atoms with Crippen LogP contribution in [0.2, 0.25) is 0 Å². The van der Waals surface area contributed by atoms with Crippen LogP contribution in [0.5, 0.6) is 0 Å². The summed E-state index contributed by atoms with van der Waals surface area (Å²) < 4.78 is 3.45. The smallest absolute Gasteiger partial charge is 0.254 e. The highest BCUT2D eigenvalue weighted by Gasteiger charge is 2.26. The number of imidazole rings is 1. The van der Waals surface area contributed by atoms with Crippen LogP contribution in [0.25, 0.3) is 23.7 Å². The number of imide groups is 1. The molecule has 0 unspecified atom stereocenters. The molecule has 2 amide bonds. The largest absolute Gasteiger partial charge is 0.351 e. The zero-order valence-electron chi connectivity index (χ0n) is 16.6. The Bertz CT molecular complexity index is 1250. The van der Waals surface area contributed by atoms with Gasteiger partial charge in [-0.1, -0.05) is 6.08 Å². The van der Waals surface area contributed by atoms with E-state index in [0.29, 0.717) is 34.7 Å². The lowest BCUT2D eigenvalue weighted by Gasteiger charge is -2.10. The van der Waals surface area contributed by atoms with E-state index in [9.17, 15) is 9.59 Å². The Balaban J connectivity index is 1.68. The molecule has 5 rings (SSSR count). The fourth-order valence-electron chi connectivity index (χ4n) is 3.37. The van der Waals surface area contributed by atoms with Crippen LogP contribution >= 0.6 is 0 Å². The molecule has 152 valence electrons. The minimum absolute atomic E-state index is 0.0491. The Morgan fingerprint density at radius 1 is 1.27 bits per heavy atom. The molecule has 2 aliphatic rings. The molecule has 10 nitrogen and oxygen atoms in total. The van der Waals surface area contributed by atoms with Gasteiger partial charge in [0.05, 0.1) is 24.0 Å². The molecule has 0 radical (unpaired) electrons. The van der Waals surface area contributed by atoms with Crippen molar-refractivity contribution in [2.75, 3.05) is 5.32 Å². The van der Waals surface area contributed by atoms with Gasteiger partial charge in [0, 0.05) is 17.2 Å². The highest BCUT2D eigenvalue weighted by atomic mass is 16.2. The van der Waals surface area contributed by atoms with Crippen LogP contribution in [0.15, 0.2) is 24.2 Å². The average Bonchev–Trinajstić information content (AvgIpc) is 3.19. The van der Waals surface area contributed by atoms with Gasteiger partial charge in [-0.2, -0.15) is 19.6 Å². The molecule has 1 aliphatic heterocycles. The minimum atomic E-state index is -0.384. The van der Waals surface area contributed by atoms with Gasteiger partial charge < -0.3 is 5.32 Å². The van der Waals surface area contributed by atoms with Crippen molar-refractivity contribution in [3.63, 3.8) is 0 Å². The predicted molar refractivity (Wildman–Crippen MR) is 110 cm³/mol. The standard InChI is InChI=1S/C20H20N8O2/c1-3-4-15-11(2)21-10-27(15)19-25-17-13(7-12-8-16(29)24-18(12)30)9-22-28(17)20(26-19)23-14-5-6-14/h3-4,7,9-10,14H,5-6,8H2,1-2H3,(H,23,25,26)(H,24,29,30). The maximum absolute atomic E-state index is 12.0. The van der Waals surface area contributed by atoms with Crippen molar-refractivity contribution >= 4 is 35.6 Å². The van der Waals surface area contributed by atoms with Crippen LogP contribution < -0.4 is 10.6 Å². The summed E-state index contributed by atoms with van der Waals surface area (Å²) >= 11 is 0. The Hall–Kier alpha value is -3.82. The summed E-state index contributed by atoms with van der Waals surface area (Å²) in [6.07, 6.45) is 11.1. The topological polar surface area (TPSA) is 119 Å². The van der Waals surface area contributed by atoms with Crippen LogP contribution in [0.4, 0.5) is 5.95 Å². The van der Waals surface area contributed by atoms with E-state index in [1.165, 1.54) is 0 Å². The lowest BCUT2D eigenvalue weighted by atomic mass is 10.1. The number of hydrogen-bond acceptors (Lipinski definition) is 7. The molecule has 0 spiro atoms. The number of carbonyl (C=O) groups excluding carboxylic acids is 2. The molecular weight excluding hydrogens is 384 g/mol. The highest BCUT2D eigenvalue weighted by molar-refractivity contribution is 6.15. The number of anilines is 1. The Morgan fingerprint density at radius 2 is 2.10 bits per heavy atom. The van der Waals surface area contributed by atoms with Gasteiger partial charge >= 0.3 is 0 Å². The average molecular weight is 404 g/mol. The van der Waals surface area contributed by atoms with E-state index in [1.807, 2.05) is 30.6 Å². The molecule has 30 heavy (non-hydrogen) atoms. The number of nitrogens with one attached hydrogen (secondary N) is 2. The first-order valence-corrected chi connectivity index (χ1v) is 9.77. The van der Waals surface area contributed by atoms with Crippen molar-refractivity contribution in [3.8, 4) is 5.95 Å². The second kappa shape index (κ2) is 6.90. The second-order valence-corrected chi connectivity index (χ2v) is 7.41. The molecule has 3 aromatic heterocycles. The third-order valence-corrected chi connectivity index (χ3v) is 5.06. The molecule has 0 atom stereocenters. The molecule has 1 saturated heterocycles. The summed E-state index contributed by atoms with van der Waals surface area (Å²) in [6, 6.07) is 0.361. The molecule has 2 N–H and O–H groups in total. The zero-order valence-corrected chi connectivity index (χ0v) is 16.6. The van der Waals surface area contributed by atoms with Crippen LogP contribution in [0.3, 0.4) is 0 Å². The molecule has 10 heteroatoms. The number of allylic oxidation sites excluding steroid dienone is 1. The highest BCUT2D eigenvalue weighted by Crippen LogP contribution is 2.26. The summed E-state index contributed by atoms with van der Waals surface area (Å²) in [5.74, 6) is 0.336. The molecule has 1 saturated carbocycles. The van der Waals surface area contributed by atoms with E-state index >= 15 is 0 Å². The van der Waals surface area contributed by atoms with E-state index < -0.39 is 0 Å². The molecule has 4 heterocycles. The monoisotopic (exact) mass is 404 g/mol. The fourth-order valence-corrected chi connectivity index (χ4v) is 3.37. The maximum Gasteiger partial charge on any atom is 0.254 e. The lowest BCUT2D eigenvalue weighted by molar-refractivity contribution is -0.124. The van der Waals surface area contributed by atoms with Crippen molar-refractivity contribution in [2.24, 2.45) is 0 Å². The van der Waals surface area contributed by atoms with Gasteiger partial charge in [-0.05, 0) is 38.8 Å². The molecular formula is C20H20N8O2. The first kappa shape index (κ1) is 18.2. The number of aryl methyl sites for hydroxylation is 1. The summed E-state index contributed by atoms with van der Waals surface area (Å²) in [5, 5.41) is 10.1. The number of fused-ring (bicyclic) bond motifs is 1. The Labute approximate surface area is 171 Å². The predicted octanol–water partition coefficient (Wildman–Crippen LogP) is 1.66. The number of hydrogen-bond donors (Lipinski definition) is 2. The second-order valence-electron chi connectivity index (χ2n) is 7.41. The van der Waals surface area contributed by atoms with Gasteiger partial charge in [0.2, 0.25) is 17.8 Å².